The van der Waals surface area contributed by atoms with E-state index < -0.39 is 10.0 Å². The van der Waals surface area contributed by atoms with Crippen LogP contribution in [-0.4, -0.2) is 15.5 Å². The standard InChI is InChI=1S/C15H14N2O3S/c1-20-14-8-6-12(7-9-14)11-17-21(18,19)15-5-3-2-4-13(15)10-16/h2-9,17H,11H2,1H3. The van der Waals surface area contributed by atoms with Gasteiger partial charge in [0, 0.05) is 6.54 Å². The number of nitriles is 1. The van der Waals surface area contributed by atoms with Crippen molar-refractivity contribution in [2.24, 2.45) is 0 Å². The van der Waals surface area contributed by atoms with Crippen LogP contribution in [0, 0.1) is 11.3 Å². The fourth-order valence-corrected chi connectivity index (χ4v) is 2.97. The van der Waals surface area contributed by atoms with Crippen molar-refractivity contribution in [2.45, 2.75) is 11.4 Å². The highest BCUT2D eigenvalue weighted by molar-refractivity contribution is 7.89. The zero-order valence-electron chi connectivity index (χ0n) is 11.4. The van der Waals surface area contributed by atoms with E-state index in [1.54, 1.807) is 43.5 Å². The summed E-state index contributed by atoms with van der Waals surface area (Å²) >= 11 is 0. The van der Waals surface area contributed by atoms with Gasteiger partial charge in [0.15, 0.2) is 0 Å². The number of rotatable bonds is 5. The van der Waals surface area contributed by atoms with Crippen LogP contribution in [0.4, 0.5) is 0 Å². The summed E-state index contributed by atoms with van der Waals surface area (Å²) in [5.41, 5.74) is 0.925. The zero-order chi connectivity index (χ0) is 15.3. The molecule has 0 amide bonds. The monoisotopic (exact) mass is 302 g/mol. The summed E-state index contributed by atoms with van der Waals surface area (Å²) in [7, 11) is -2.15. The van der Waals surface area contributed by atoms with Crippen LogP contribution in [0.5, 0.6) is 5.75 Å². The van der Waals surface area contributed by atoms with Gasteiger partial charge in [-0.3, -0.25) is 0 Å². The molecule has 0 radical (unpaired) electrons. The van der Waals surface area contributed by atoms with Gasteiger partial charge >= 0.3 is 0 Å². The van der Waals surface area contributed by atoms with Gasteiger partial charge in [-0.2, -0.15) is 5.26 Å². The molecule has 2 rings (SSSR count). The number of hydrogen-bond donors (Lipinski definition) is 1. The van der Waals surface area contributed by atoms with Crippen LogP contribution in [0.3, 0.4) is 0 Å². The summed E-state index contributed by atoms with van der Waals surface area (Å²) in [6, 6.07) is 15.0. The normalized spacial score (nSPS) is 10.9. The molecule has 0 aliphatic rings. The summed E-state index contributed by atoms with van der Waals surface area (Å²) in [4.78, 5) is -0.0130. The quantitative estimate of drug-likeness (QED) is 0.916. The Balaban J connectivity index is 2.16. The summed E-state index contributed by atoms with van der Waals surface area (Å²) < 4.78 is 32.0. The van der Waals surface area contributed by atoms with E-state index in [1.165, 1.54) is 12.1 Å². The van der Waals surface area contributed by atoms with Crippen molar-refractivity contribution in [1.82, 2.24) is 4.72 Å². The number of nitrogens with one attached hydrogen (secondary N) is 1. The average Bonchev–Trinajstić information content (AvgIpc) is 2.53. The molecule has 1 N–H and O–H groups in total. The fourth-order valence-electron chi connectivity index (χ4n) is 1.79. The third-order valence-electron chi connectivity index (χ3n) is 2.92. The maximum atomic E-state index is 12.2. The highest BCUT2D eigenvalue weighted by atomic mass is 32.2. The van der Waals surface area contributed by atoms with Crippen molar-refractivity contribution in [1.29, 1.82) is 5.26 Å². The van der Waals surface area contributed by atoms with Gasteiger partial charge in [-0.25, -0.2) is 13.1 Å². The second kappa shape index (κ2) is 6.39. The van der Waals surface area contributed by atoms with Crippen LogP contribution in [-0.2, 0) is 16.6 Å². The molecule has 0 aliphatic heterocycles. The minimum absolute atomic E-state index is 0.0130. The Morgan fingerprint density at radius 1 is 1.14 bits per heavy atom. The molecular formula is C15H14N2O3S. The Morgan fingerprint density at radius 2 is 1.81 bits per heavy atom. The van der Waals surface area contributed by atoms with Crippen molar-refractivity contribution >= 4 is 10.0 Å². The second-order valence-corrected chi connectivity index (χ2v) is 6.02. The molecule has 0 fully saturated rings. The molecular weight excluding hydrogens is 288 g/mol. The first-order chi connectivity index (χ1) is 10.1. The topological polar surface area (TPSA) is 79.2 Å². The number of ether oxygens (including phenoxy) is 1. The molecule has 2 aromatic carbocycles. The maximum absolute atomic E-state index is 12.2. The SMILES string of the molecule is COc1ccc(CNS(=O)(=O)c2ccccc2C#N)cc1. The van der Waals surface area contributed by atoms with E-state index in [2.05, 4.69) is 4.72 Å². The lowest BCUT2D eigenvalue weighted by atomic mass is 10.2. The lowest BCUT2D eigenvalue weighted by Gasteiger charge is -2.08. The number of methoxy groups -OCH3 is 1. The molecule has 0 saturated heterocycles. The van der Waals surface area contributed by atoms with E-state index in [4.69, 9.17) is 10.00 Å². The van der Waals surface area contributed by atoms with Gasteiger partial charge in [0.2, 0.25) is 10.0 Å². The van der Waals surface area contributed by atoms with Crippen LogP contribution in [0.25, 0.3) is 0 Å². The van der Waals surface area contributed by atoms with Gasteiger partial charge in [-0.1, -0.05) is 24.3 Å². The summed E-state index contributed by atoms with van der Waals surface area (Å²) in [6.07, 6.45) is 0. The van der Waals surface area contributed by atoms with Crippen molar-refractivity contribution < 1.29 is 13.2 Å². The van der Waals surface area contributed by atoms with E-state index >= 15 is 0 Å². The van der Waals surface area contributed by atoms with E-state index in [1.807, 2.05) is 6.07 Å². The molecule has 2 aromatic rings. The molecule has 0 bridgehead atoms. The highest BCUT2D eigenvalue weighted by Crippen LogP contribution is 2.15. The lowest BCUT2D eigenvalue weighted by Crippen LogP contribution is -2.24. The Hall–Kier alpha value is -2.36. The molecule has 6 heteroatoms. The van der Waals surface area contributed by atoms with Crippen molar-refractivity contribution in [3.05, 3.63) is 59.7 Å². The smallest absolute Gasteiger partial charge is 0.242 e. The van der Waals surface area contributed by atoms with Crippen LogP contribution in [0.15, 0.2) is 53.4 Å². The van der Waals surface area contributed by atoms with E-state index in [-0.39, 0.29) is 17.0 Å². The molecule has 0 saturated carbocycles. The lowest BCUT2D eigenvalue weighted by molar-refractivity contribution is 0.414. The first-order valence-electron chi connectivity index (χ1n) is 6.18. The zero-order valence-corrected chi connectivity index (χ0v) is 12.2. The summed E-state index contributed by atoms with van der Waals surface area (Å²) in [5, 5.41) is 8.97. The predicted molar refractivity (Wildman–Crippen MR) is 78.2 cm³/mol. The van der Waals surface area contributed by atoms with Crippen LogP contribution in [0.2, 0.25) is 0 Å². The molecule has 0 heterocycles. The first kappa shape index (κ1) is 15.0. The predicted octanol–water partition coefficient (Wildman–Crippen LogP) is 2.05. The minimum Gasteiger partial charge on any atom is -0.497 e. The molecule has 0 aliphatic carbocycles. The molecule has 0 aromatic heterocycles. The van der Waals surface area contributed by atoms with E-state index in [0.29, 0.717) is 5.75 Å². The third-order valence-corrected chi connectivity index (χ3v) is 4.38. The maximum Gasteiger partial charge on any atom is 0.242 e. The Morgan fingerprint density at radius 3 is 2.43 bits per heavy atom. The van der Waals surface area contributed by atoms with Gasteiger partial charge < -0.3 is 4.74 Å². The number of benzene rings is 2. The van der Waals surface area contributed by atoms with Crippen molar-refractivity contribution in [2.75, 3.05) is 7.11 Å². The summed E-state index contributed by atoms with van der Waals surface area (Å²) in [6.45, 7) is 0.145. The minimum atomic E-state index is -3.72. The van der Waals surface area contributed by atoms with Crippen LogP contribution in [0.1, 0.15) is 11.1 Å². The fraction of sp³-hybridized carbons (Fsp3) is 0.133. The first-order valence-corrected chi connectivity index (χ1v) is 7.67. The van der Waals surface area contributed by atoms with E-state index in [9.17, 15) is 8.42 Å². The molecule has 108 valence electrons. The number of nitrogens with zero attached hydrogens (tertiary/aromatic N) is 1. The summed E-state index contributed by atoms with van der Waals surface area (Å²) in [5.74, 6) is 0.705. The van der Waals surface area contributed by atoms with Gasteiger partial charge in [0.25, 0.3) is 0 Å². The average molecular weight is 302 g/mol. The van der Waals surface area contributed by atoms with Gasteiger partial charge in [0.05, 0.1) is 17.6 Å². The van der Waals surface area contributed by atoms with Crippen LogP contribution >= 0.6 is 0 Å². The van der Waals surface area contributed by atoms with E-state index in [0.717, 1.165) is 5.56 Å². The Bertz CT molecular complexity index is 762. The largest absolute Gasteiger partial charge is 0.497 e. The van der Waals surface area contributed by atoms with Crippen LogP contribution < -0.4 is 9.46 Å². The Kier molecular flexibility index (Phi) is 4.58. The van der Waals surface area contributed by atoms with Gasteiger partial charge in [0.1, 0.15) is 11.8 Å². The van der Waals surface area contributed by atoms with Crippen molar-refractivity contribution in [3.8, 4) is 11.8 Å². The van der Waals surface area contributed by atoms with Crippen molar-refractivity contribution in [3.63, 3.8) is 0 Å². The molecule has 0 unspecified atom stereocenters. The molecule has 21 heavy (non-hydrogen) atoms. The van der Waals surface area contributed by atoms with Gasteiger partial charge in [-0.05, 0) is 29.8 Å². The number of hydrogen-bond acceptors (Lipinski definition) is 4. The van der Waals surface area contributed by atoms with Gasteiger partial charge in [-0.15, -0.1) is 0 Å². The molecule has 5 nitrogen and oxygen atoms in total. The third kappa shape index (κ3) is 3.60. The molecule has 0 spiro atoms. The molecule has 0 atom stereocenters. The highest BCUT2D eigenvalue weighted by Gasteiger charge is 2.17. The number of sulfonamides is 1. The Labute approximate surface area is 123 Å². The second-order valence-electron chi connectivity index (χ2n) is 4.28.